The maximum atomic E-state index is 4.88. The van der Waals surface area contributed by atoms with Crippen molar-refractivity contribution in [1.29, 1.82) is 0 Å². The Bertz CT molecular complexity index is 2310. The molecule has 2 aromatic heterocycles. The molecule has 8 aromatic rings. The second-order valence-corrected chi connectivity index (χ2v) is 12.5. The Morgan fingerprint density at radius 1 is 0.408 bits per heavy atom. The fourth-order valence-electron chi connectivity index (χ4n) is 7.63. The molecule has 1 aliphatic heterocycles. The van der Waals surface area contributed by atoms with E-state index in [0.29, 0.717) is 0 Å². The zero-order valence-electron chi connectivity index (χ0n) is 26.9. The molecule has 0 spiro atoms. The molecule has 6 aromatic carbocycles. The van der Waals surface area contributed by atoms with E-state index in [2.05, 4.69) is 169 Å². The Morgan fingerprint density at radius 3 is 1.65 bits per heavy atom. The van der Waals surface area contributed by atoms with Crippen LogP contribution in [0.4, 0.5) is 17.1 Å². The maximum absolute atomic E-state index is 4.88. The van der Waals surface area contributed by atoms with E-state index in [1.165, 1.54) is 49.4 Å². The predicted octanol–water partition coefficient (Wildman–Crippen LogP) is 6.11. The highest BCUT2D eigenvalue weighted by atomic mass is 15.2. The second kappa shape index (κ2) is 12.4. The van der Waals surface area contributed by atoms with Gasteiger partial charge in [-0.3, -0.25) is 9.97 Å². The lowest BCUT2D eigenvalue weighted by Gasteiger charge is -2.35. The number of aromatic nitrogens is 2. The number of rotatable bonds is 7. The third kappa shape index (κ3) is 5.12. The molecule has 0 unspecified atom stereocenters. The lowest BCUT2D eigenvalue weighted by molar-refractivity contribution is 1.29. The zero-order valence-corrected chi connectivity index (χ0v) is 26.9. The van der Waals surface area contributed by atoms with Gasteiger partial charge in [-0.2, -0.15) is 0 Å². The molecule has 3 nitrogen and oxygen atoms in total. The van der Waals surface area contributed by atoms with Gasteiger partial charge < -0.3 is 4.90 Å². The third-order valence-electron chi connectivity index (χ3n) is 9.74. The van der Waals surface area contributed by atoms with E-state index >= 15 is 0 Å². The van der Waals surface area contributed by atoms with Crippen molar-refractivity contribution in [1.82, 2.24) is 9.97 Å². The van der Waals surface area contributed by atoms with Crippen molar-refractivity contribution < 1.29 is 0 Å². The van der Waals surface area contributed by atoms with Gasteiger partial charge in [0.2, 0.25) is 0 Å². The topological polar surface area (TPSA) is 29.0 Å². The van der Waals surface area contributed by atoms with Gasteiger partial charge in [-0.15, -0.1) is 0 Å². The molecule has 1 aliphatic rings. The number of hydrogen-bond donors (Lipinski definition) is 0. The van der Waals surface area contributed by atoms with Crippen LogP contribution in [0, 0.1) is 0 Å². The number of para-hydroxylation sites is 1. The minimum Gasteiger partial charge on any atom is -0.309 e. The van der Waals surface area contributed by atoms with Gasteiger partial charge in [0.25, 0.3) is 13.4 Å². The summed E-state index contributed by atoms with van der Waals surface area (Å²) in [6.07, 6.45) is 3.79. The van der Waals surface area contributed by atoms with Gasteiger partial charge in [0, 0.05) is 40.2 Å². The first-order valence-corrected chi connectivity index (χ1v) is 16.8. The fraction of sp³-hybridized carbons (Fsp3) is 0. The summed E-state index contributed by atoms with van der Waals surface area (Å²) < 4.78 is 0. The van der Waals surface area contributed by atoms with Gasteiger partial charge in [0.15, 0.2) is 0 Å². The molecule has 0 bridgehead atoms. The highest BCUT2D eigenvalue weighted by molar-refractivity contribution is 6.96. The maximum Gasteiger partial charge on any atom is 0.265 e. The summed E-state index contributed by atoms with van der Waals surface area (Å²) in [5, 5.41) is 2.49. The highest BCUT2D eigenvalue weighted by Crippen LogP contribution is 2.50. The quantitative estimate of drug-likeness (QED) is 0.201. The Labute approximate surface area is 287 Å². The summed E-state index contributed by atoms with van der Waals surface area (Å²) in [6, 6.07) is 63.0. The molecule has 0 radical (unpaired) electrons. The fourth-order valence-corrected chi connectivity index (χ4v) is 7.63. The molecular weight excluding hydrogens is 592 g/mol. The van der Waals surface area contributed by atoms with E-state index in [4.69, 9.17) is 9.97 Å². The molecule has 9 rings (SSSR count). The van der Waals surface area contributed by atoms with E-state index in [-0.39, 0.29) is 13.4 Å². The third-order valence-corrected chi connectivity index (χ3v) is 9.74. The summed E-state index contributed by atoms with van der Waals surface area (Å²) in [4.78, 5) is 12.2. The SMILES string of the molecule is c1ccc(B(c2ccc3c(c2)N(c2ccccc2)c2cccc4c(B(c5ccccc5)c5ccccn5)ccc-3c24)c2ccccn2)cc1. The summed E-state index contributed by atoms with van der Waals surface area (Å²) in [5.74, 6) is 0. The molecule has 0 saturated carbocycles. The number of pyridine rings is 2. The minimum absolute atomic E-state index is 0.00473. The summed E-state index contributed by atoms with van der Waals surface area (Å²) >= 11 is 0. The van der Waals surface area contributed by atoms with Crippen LogP contribution >= 0.6 is 0 Å². The van der Waals surface area contributed by atoms with Gasteiger partial charge >= 0.3 is 0 Å². The largest absolute Gasteiger partial charge is 0.309 e. The number of fused-ring (bicyclic) bond motifs is 2. The summed E-state index contributed by atoms with van der Waals surface area (Å²) in [5.41, 5.74) is 12.9. The monoisotopic (exact) mass is 623 g/mol. The van der Waals surface area contributed by atoms with E-state index in [1.807, 2.05) is 24.5 Å². The number of hydrogen-bond acceptors (Lipinski definition) is 3. The van der Waals surface area contributed by atoms with Crippen LogP contribution in [0.15, 0.2) is 188 Å². The first kappa shape index (κ1) is 29.0. The van der Waals surface area contributed by atoms with Crippen LogP contribution in [0.2, 0.25) is 0 Å². The molecule has 3 heterocycles. The molecule has 49 heavy (non-hydrogen) atoms. The Balaban J connectivity index is 1.29. The van der Waals surface area contributed by atoms with Crippen molar-refractivity contribution in [3.8, 4) is 11.1 Å². The van der Waals surface area contributed by atoms with Gasteiger partial charge in [-0.1, -0.05) is 149 Å². The van der Waals surface area contributed by atoms with Crippen LogP contribution in [-0.2, 0) is 0 Å². The van der Waals surface area contributed by atoms with Crippen molar-refractivity contribution in [3.63, 3.8) is 0 Å². The van der Waals surface area contributed by atoms with E-state index in [0.717, 1.165) is 22.6 Å². The molecule has 0 aliphatic carbocycles. The first-order valence-electron chi connectivity index (χ1n) is 16.8. The summed E-state index contributed by atoms with van der Waals surface area (Å²) in [6.45, 7) is -0.0134. The van der Waals surface area contributed by atoms with Crippen molar-refractivity contribution in [2.24, 2.45) is 0 Å². The lowest BCUT2D eigenvalue weighted by atomic mass is 9.37. The van der Waals surface area contributed by atoms with Crippen LogP contribution in [0.1, 0.15) is 0 Å². The van der Waals surface area contributed by atoms with E-state index < -0.39 is 0 Å². The Kier molecular flexibility index (Phi) is 7.36. The molecule has 228 valence electrons. The smallest absolute Gasteiger partial charge is 0.265 e. The molecule has 0 N–H and O–H groups in total. The summed E-state index contributed by atoms with van der Waals surface area (Å²) in [7, 11) is 0. The molecule has 0 fully saturated rings. The number of benzene rings is 6. The van der Waals surface area contributed by atoms with E-state index in [9.17, 15) is 0 Å². The number of anilines is 3. The van der Waals surface area contributed by atoms with E-state index in [1.54, 1.807) is 0 Å². The van der Waals surface area contributed by atoms with Crippen LogP contribution in [0.3, 0.4) is 0 Å². The predicted molar refractivity (Wildman–Crippen MR) is 208 cm³/mol. The minimum atomic E-state index is -0.00866. The molecule has 0 saturated heterocycles. The average molecular weight is 623 g/mol. The Morgan fingerprint density at radius 2 is 1.00 bits per heavy atom. The van der Waals surface area contributed by atoms with Gasteiger partial charge in [0.1, 0.15) is 0 Å². The number of nitrogens with zero attached hydrogens (tertiary/aromatic N) is 3. The van der Waals surface area contributed by atoms with Crippen molar-refractivity contribution in [2.75, 3.05) is 4.90 Å². The standard InChI is InChI=1S/C44H31B2N3/c1-4-15-32(16-5-1)45(42-23-10-12-29-47-42)34-25-26-36-37-27-28-39(46(33-17-6-2-7-18-33)43-24-11-13-30-48-43)38-21-14-22-40(44(37)38)49(41(36)31-34)35-19-8-3-9-20-35/h1-31H. The van der Waals surface area contributed by atoms with Crippen LogP contribution < -0.4 is 37.9 Å². The highest BCUT2D eigenvalue weighted by Gasteiger charge is 2.32. The van der Waals surface area contributed by atoms with Crippen LogP contribution in [0.5, 0.6) is 0 Å². The zero-order chi connectivity index (χ0) is 32.6. The average Bonchev–Trinajstić information content (AvgIpc) is 3.18. The van der Waals surface area contributed by atoms with Crippen molar-refractivity contribution in [3.05, 3.63) is 188 Å². The first-order chi connectivity index (χ1) is 24.3. The van der Waals surface area contributed by atoms with Gasteiger partial charge in [-0.25, -0.2) is 0 Å². The van der Waals surface area contributed by atoms with Crippen molar-refractivity contribution >= 4 is 74.3 Å². The van der Waals surface area contributed by atoms with Crippen LogP contribution in [-0.4, -0.2) is 23.4 Å². The Hall–Kier alpha value is -6.19. The molecule has 5 heteroatoms. The molecule has 0 amide bonds. The molecule has 0 atom stereocenters. The second-order valence-electron chi connectivity index (χ2n) is 12.5. The van der Waals surface area contributed by atoms with Gasteiger partial charge in [0.05, 0.1) is 11.4 Å². The molecular formula is C44H31B2N3. The van der Waals surface area contributed by atoms with Gasteiger partial charge in [-0.05, 0) is 59.5 Å². The van der Waals surface area contributed by atoms with Crippen LogP contribution in [0.25, 0.3) is 21.9 Å². The lowest BCUT2D eigenvalue weighted by Crippen LogP contribution is -2.53. The van der Waals surface area contributed by atoms with Crippen molar-refractivity contribution in [2.45, 2.75) is 0 Å². The normalized spacial score (nSPS) is 11.6.